The van der Waals surface area contributed by atoms with Crippen LogP contribution in [0, 0.1) is 11.7 Å². The number of benzene rings is 2. The highest BCUT2D eigenvalue weighted by Gasteiger charge is 2.28. The quantitative estimate of drug-likeness (QED) is 0.558. The maximum Gasteiger partial charge on any atom is 0.323 e. The molecule has 32 heavy (non-hydrogen) atoms. The number of hydrogen-bond acceptors (Lipinski definition) is 3. The number of urea groups is 2. The van der Waals surface area contributed by atoms with Crippen LogP contribution in [0.4, 0.5) is 31.0 Å². The summed E-state index contributed by atoms with van der Waals surface area (Å²) in [4.78, 5) is 38.6. The van der Waals surface area contributed by atoms with Crippen molar-refractivity contribution in [1.82, 2.24) is 10.2 Å². The molecule has 9 heteroatoms. The summed E-state index contributed by atoms with van der Waals surface area (Å²) in [5.74, 6) is -0.609. The Kier molecular flexibility index (Phi) is 7.64. The minimum absolute atomic E-state index is 0.0214. The number of likely N-dealkylation sites (tertiary alicyclic amines) is 1. The van der Waals surface area contributed by atoms with Gasteiger partial charge in [0.2, 0.25) is 5.91 Å². The minimum atomic E-state index is -0.465. The molecule has 1 aliphatic rings. The molecule has 0 bridgehead atoms. The molecule has 0 spiro atoms. The summed E-state index contributed by atoms with van der Waals surface area (Å²) in [5.41, 5.74) is 1.58. The van der Waals surface area contributed by atoms with Gasteiger partial charge < -0.3 is 26.2 Å². The van der Waals surface area contributed by atoms with E-state index in [1.54, 1.807) is 29.2 Å². The van der Waals surface area contributed by atoms with Gasteiger partial charge in [0, 0.05) is 36.2 Å². The van der Waals surface area contributed by atoms with Gasteiger partial charge in [-0.15, -0.1) is 0 Å². The van der Waals surface area contributed by atoms with E-state index in [1.807, 2.05) is 13.8 Å². The fraction of sp³-hybridized carbons (Fsp3) is 0.348. The average Bonchev–Trinajstić information content (AvgIpc) is 2.76. The third-order valence-electron chi connectivity index (χ3n) is 5.01. The molecule has 1 heterocycles. The monoisotopic (exact) mass is 441 g/mol. The molecule has 0 unspecified atom stereocenters. The summed E-state index contributed by atoms with van der Waals surface area (Å²) in [7, 11) is 0. The molecule has 0 radical (unpaired) electrons. The highest BCUT2D eigenvalue weighted by atomic mass is 19.1. The first-order chi connectivity index (χ1) is 15.3. The number of anilines is 3. The van der Waals surface area contributed by atoms with Gasteiger partial charge in [-0.2, -0.15) is 0 Å². The second-order valence-electron chi connectivity index (χ2n) is 8.04. The molecule has 1 atom stereocenters. The summed E-state index contributed by atoms with van der Waals surface area (Å²) in [6.45, 7) is 4.81. The number of hydrogen-bond donors (Lipinski definition) is 4. The summed E-state index contributed by atoms with van der Waals surface area (Å²) < 4.78 is 12.9. The van der Waals surface area contributed by atoms with Crippen molar-refractivity contribution in [2.45, 2.75) is 32.7 Å². The van der Waals surface area contributed by atoms with E-state index in [4.69, 9.17) is 0 Å². The first kappa shape index (κ1) is 23.1. The summed E-state index contributed by atoms with van der Waals surface area (Å²) in [6, 6.07) is 11.5. The number of carbonyl (C=O) groups excluding carboxylic acids is 3. The Morgan fingerprint density at radius 2 is 1.44 bits per heavy atom. The number of nitrogens with one attached hydrogen (secondary N) is 4. The largest absolute Gasteiger partial charge is 0.354 e. The molecule has 0 saturated carbocycles. The Balaban J connectivity index is 1.50. The maximum absolute atomic E-state index is 12.9. The highest BCUT2D eigenvalue weighted by molar-refractivity contribution is 6.00. The maximum atomic E-state index is 12.9. The molecular formula is C23H28FN5O3. The van der Waals surface area contributed by atoms with E-state index in [9.17, 15) is 18.8 Å². The van der Waals surface area contributed by atoms with Crippen LogP contribution in [0.2, 0.25) is 0 Å². The zero-order valence-corrected chi connectivity index (χ0v) is 18.2. The fourth-order valence-electron chi connectivity index (χ4n) is 3.44. The van der Waals surface area contributed by atoms with Crippen molar-refractivity contribution in [3.05, 3.63) is 54.3 Å². The molecule has 0 aliphatic carbocycles. The number of piperidine rings is 1. The average molecular weight is 442 g/mol. The molecule has 1 aliphatic heterocycles. The van der Waals surface area contributed by atoms with Gasteiger partial charge in [-0.3, -0.25) is 4.79 Å². The van der Waals surface area contributed by atoms with E-state index < -0.39 is 6.03 Å². The smallest absolute Gasteiger partial charge is 0.323 e. The Labute approximate surface area is 186 Å². The van der Waals surface area contributed by atoms with E-state index in [2.05, 4.69) is 21.3 Å². The lowest BCUT2D eigenvalue weighted by molar-refractivity contribution is -0.126. The number of halogens is 1. The van der Waals surface area contributed by atoms with Gasteiger partial charge in [0.1, 0.15) is 5.82 Å². The number of amides is 5. The molecule has 3 rings (SSSR count). The van der Waals surface area contributed by atoms with Crippen LogP contribution < -0.4 is 21.3 Å². The molecule has 8 nitrogen and oxygen atoms in total. The lowest BCUT2D eigenvalue weighted by Crippen LogP contribution is -2.47. The zero-order chi connectivity index (χ0) is 23.1. The van der Waals surface area contributed by atoms with Crippen LogP contribution in [0.25, 0.3) is 0 Å². The van der Waals surface area contributed by atoms with Gasteiger partial charge in [0.15, 0.2) is 0 Å². The van der Waals surface area contributed by atoms with Crippen LogP contribution in [0.1, 0.15) is 26.7 Å². The Morgan fingerprint density at radius 3 is 2.00 bits per heavy atom. The van der Waals surface area contributed by atoms with Crippen LogP contribution in [0.5, 0.6) is 0 Å². The van der Waals surface area contributed by atoms with Gasteiger partial charge in [-0.1, -0.05) is 0 Å². The SMILES string of the molecule is CC(C)NC(=O)[C@@H]1CCCN(C(=O)Nc2ccc(NC(=O)Nc3ccc(F)cc3)cc2)C1. The molecule has 5 amide bonds. The normalized spacial score (nSPS) is 15.8. The minimum Gasteiger partial charge on any atom is -0.354 e. The number of rotatable bonds is 5. The molecular weight excluding hydrogens is 413 g/mol. The zero-order valence-electron chi connectivity index (χ0n) is 18.2. The van der Waals surface area contributed by atoms with Crippen molar-refractivity contribution in [3.8, 4) is 0 Å². The second kappa shape index (κ2) is 10.6. The van der Waals surface area contributed by atoms with E-state index in [1.165, 1.54) is 24.3 Å². The molecule has 1 fully saturated rings. The predicted molar refractivity (Wildman–Crippen MR) is 122 cm³/mol. The van der Waals surface area contributed by atoms with Gasteiger partial charge in [0.25, 0.3) is 0 Å². The summed E-state index contributed by atoms with van der Waals surface area (Å²) in [6.07, 6.45) is 1.54. The van der Waals surface area contributed by atoms with Crippen molar-refractivity contribution in [2.24, 2.45) is 5.92 Å². The van der Waals surface area contributed by atoms with Crippen molar-refractivity contribution in [2.75, 3.05) is 29.0 Å². The van der Waals surface area contributed by atoms with E-state index in [0.29, 0.717) is 30.2 Å². The van der Waals surface area contributed by atoms with Crippen LogP contribution in [-0.2, 0) is 4.79 Å². The van der Waals surface area contributed by atoms with Crippen molar-refractivity contribution >= 4 is 35.0 Å². The number of nitrogens with zero attached hydrogens (tertiary/aromatic N) is 1. The second-order valence-corrected chi connectivity index (χ2v) is 8.04. The van der Waals surface area contributed by atoms with Crippen molar-refractivity contribution < 1.29 is 18.8 Å². The van der Waals surface area contributed by atoms with E-state index >= 15 is 0 Å². The lowest BCUT2D eigenvalue weighted by Gasteiger charge is -2.32. The topological polar surface area (TPSA) is 103 Å². The van der Waals surface area contributed by atoms with Gasteiger partial charge >= 0.3 is 12.1 Å². The molecule has 2 aromatic carbocycles. The Bertz CT molecular complexity index is 947. The van der Waals surface area contributed by atoms with Crippen LogP contribution in [0.3, 0.4) is 0 Å². The molecule has 0 aromatic heterocycles. The van der Waals surface area contributed by atoms with Crippen LogP contribution in [0.15, 0.2) is 48.5 Å². The van der Waals surface area contributed by atoms with Gasteiger partial charge in [-0.05, 0) is 75.2 Å². The first-order valence-electron chi connectivity index (χ1n) is 10.6. The van der Waals surface area contributed by atoms with Crippen LogP contribution >= 0.6 is 0 Å². The van der Waals surface area contributed by atoms with E-state index in [0.717, 1.165) is 12.8 Å². The highest BCUT2D eigenvalue weighted by Crippen LogP contribution is 2.19. The van der Waals surface area contributed by atoms with Crippen LogP contribution in [-0.4, -0.2) is 42.0 Å². The van der Waals surface area contributed by atoms with Gasteiger partial charge in [-0.25, -0.2) is 14.0 Å². The first-order valence-corrected chi connectivity index (χ1v) is 10.6. The molecule has 170 valence electrons. The standard InChI is InChI=1S/C23H28FN5O3/c1-15(2)25-21(30)16-4-3-13-29(14-16)23(32)28-20-11-9-19(10-12-20)27-22(31)26-18-7-5-17(24)6-8-18/h5-12,15-16H,3-4,13-14H2,1-2H3,(H,25,30)(H,28,32)(H2,26,27,31)/t16-/m1/s1. The van der Waals surface area contributed by atoms with E-state index in [-0.39, 0.29) is 29.7 Å². The van der Waals surface area contributed by atoms with Crippen molar-refractivity contribution in [1.29, 1.82) is 0 Å². The Hall–Kier alpha value is -3.62. The third kappa shape index (κ3) is 6.69. The predicted octanol–water partition coefficient (Wildman–Crippen LogP) is 4.24. The fourth-order valence-corrected chi connectivity index (χ4v) is 3.44. The third-order valence-corrected chi connectivity index (χ3v) is 5.01. The lowest BCUT2D eigenvalue weighted by atomic mass is 9.97. The summed E-state index contributed by atoms with van der Waals surface area (Å²) >= 11 is 0. The van der Waals surface area contributed by atoms with Gasteiger partial charge in [0.05, 0.1) is 5.92 Å². The number of carbonyl (C=O) groups is 3. The molecule has 2 aromatic rings. The Morgan fingerprint density at radius 1 is 0.906 bits per heavy atom. The van der Waals surface area contributed by atoms with Crippen molar-refractivity contribution in [3.63, 3.8) is 0 Å². The molecule has 1 saturated heterocycles. The summed E-state index contributed by atoms with van der Waals surface area (Å²) in [5, 5.41) is 11.0. The molecule has 4 N–H and O–H groups in total.